The maximum atomic E-state index is 8.93. The topological polar surface area (TPSA) is 20.2 Å². The maximum Gasteiger partial charge on any atom is 0.0433 e. The Morgan fingerprint density at radius 3 is 2.38 bits per heavy atom. The monoisotopic (exact) mass is 184 g/mol. The van der Waals surface area contributed by atoms with Crippen molar-refractivity contribution >= 4 is 0 Å². The second-order valence-electron chi connectivity index (χ2n) is 5.40. The zero-order chi connectivity index (χ0) is 10.1. The van der Waals surface area contributed by atoms with E-state index in [0.717, 1.165) is 18.3 Å². The fourth-order valence-electron chi connectivity index (χ4n) is 2.96. The molecule has 0 aromatic heterocycles. The van der Waals surface area contributed by atoms with Crippen molar-refractivity contribution in [2.24, 2.45) is 23.2 Å². The van der Waals surface area contributed by atoms with Crippen LogP contribution in [0, 0.1) is 23.2 Å². The normalized spacial score (nSPS) is 34.8. The van der Waals surface area contributed by atoms with Crippen molar-refractivity contribution < 1.29 is 5.11 Å². The number of aliphatic hydroxyl groups excluding tert-OH is 1. The molecule has 0 saturated heterocycles. The van der Waals surface area contributed by atoms with Gasteiger partial charge < -0.3 is 5.11 Å². The predicted molar refractivity (Wildman–Crippen MR) is 56.5 cm³/mol. The Balaban J connectivity index is 2.60. The lowest BCUT2D eigenvalue weighted by Crippen LogP contribution is -2.28. The van der Waals surface area contributed by atoms with Gasteiger partial charge in [-0.1, -0.05) is 27.7 Å². The van der Waals surface area contributed by atoms with Crippen LogP contribution in [0.2, 0.25) is 0 Å². The molecule has 0 spiro atoms. The second-order valence-corrected chi connectivity index (χ2v) is 5.40. The Labute approximate surface area is 82.5 Å². The van der Waals surface area contributed by atoms with Crippen LogP contribution >= 0.6 is 0 Å². The Morgan fingerprint density at radius 2 is 2.00 bits per heavy atom. The third-order valence-corrected chi connectivity index (χ3v) is 4.41. The summed E-state index contributed by atoms with van der Waals surface area (Å²) >= 11 is 0. The molecule has 0 aromatic carbocycles. The Kier molecular flexibility index (Phi) is 3.39. The average Bonchev–Trinajstić information content (AvgIpc) is 2.28. The first-order valence-electron chi connectivity index (χ1n) is 5.61. The van der Waals surface area contributed by atoms with Gasteiger partial charge >= 0.3 is 0 Å². The van der Waals surface area contributed by atoms with E-state index in [1.54, 1.807) is 0 Å². The number of hydrogen-bond acceptors (Lipinski definition) is 1. The van der Waals surface area contributed by atoms with Crippen LogP contribution in [-0.4, -0.2) is 11.7 Å². The maximum absolute atomic E-state index is 8.93. The first-order valence-corrected chi connectivity index (χ1v) is 5.61. The number of rotatable bonds is 3. The van der Waals surface area contributed by atoms with E-state index in [4.69, 9.17) is 5.11 Å². The van der Waals surface area contributed by atoms with Gasteiger partial charge in [-0.3, -0.25) is 0 Å². The highest BCUT2D eigenvalue weighted by Gasteiger charge is 2.42. The Bertz CT molecular complexity index is 163. The van der Waals surface area contributed by atoms with E-state index in [2.05, 4.69) is 27.7 Å². The van der Waals surface area contributed by atoms with Crippen molar-refractivity contribution in [2.45, 2.75) is 47.0 Å². The van der Waals surface area contributed by atoms with Crippen molar-refractivity contribution in [1.29, 1.82) is 0 Å². The third-order valence-electron chi connectivity index (χ3n) is 4.41. The molecule has 1 rings (SSSR count). The van der Waals surface area contributed by atoms with Gasteiger partial charge in [-0.05, 0) is 42.4 Å². The Hall–Kier alpha value is -0.0400. The van der Waals surface area contributed by atoms with Crippen LogP contribution in [0.3, 0.4) is 0 Å². The molecule has 1 N–H and O–H groups in total. The van der Waals surface area contributed by atoms with Crippen LogP contribution in [0.15, 0.2) is 0 Å². The van der Waals surface area contributed by atoms with E-state index in [1.807, 2.05) is 0 Å². The molecule has 1 nitrogen and oxygen atoms in total. The summed E-state index contributed by atoms with van der Waals surface area (Å²) in [5.41, 5.74) is 0.481. The second kappa shape index (κ2) is 4.00. The molecule has 13 heavy (non-hydrogen) atoms. The fraction of sp³-hybridized carbons (Fsp3) is 1.00. The number of aliphatic hydroxyl groups is 1. The smallest absolute Gasteiger partial charge is 0.0433 e. The van der Waals surface area contributed by atoms with Gasteiger partial charge in [0.2, 0.25) is 0 Å². The summed E-state index contributed by atoms with van der Waals surface area (Å²) in [4.78, 5) is 0. The zero-order valence-corrected chi connectivity index (χ0v) is 9.51. The molecule has 0 bridgehead atoms. The summed E-state index contributed by atoms with van der Waals surface area (Å²) in [7, 11) is 0. The average molecular weight is 184 g/mol. The van der Waals surface area contributed by atoms with Crippen LogP contribution in [0.1, 0.15) is 47.0 Å². The molecule has 1 saturated carbocycles. The van der Waals surface area contributed by atoms with E-state index in [0.29, 0.717) is 17.9 Å². The lowest BCUT2D eigenvalue weighted by molar-refractivity contribution is 0.125. The standard InChI is InChI=1S/C12H24O/c1-9(7-8-13)11-6-5-10(2)12(11,3)4/h9-11,13H,5-8H2,1-4H3/t9?,10-,11?/m0/s1. The van der Waals surface area contributed by atoms with Gasteiger partial charge in [-0.25, -0.2) is 0 Å². The molecule has 1 heteroatoms. The van der Waals surface area contributed by atoms with Gasteiger partial charge in [-0.2, -0.15) is 0 Å². The minimum atomic E-state index is 0.349. The predicted octanol–water partition coefficient (Wildman–Crippen LogP) is 3.08. The summed E-state index contributed by atoms with van der Waals surface area (Å²) in [6.45, 7) is 9.79. The lowest BCUT2D eigenvalue weighted by Gasteiger charge is -2.35. The molecule has 0 heterocycles. The highest BCUT2D eigenvalue weighted by atomic mass is 16.3. The minimum Gasteiger partial charge on any atom is -0.396 e. The summed E-state index contributed by atoms with van der Waals surface area (Å²) in [6.07, 6.45) is 3.70. The van der Waals surface area contributed by atoms with Gasteiger partial charge in [0.25, 0.3) is 0 Å². The van der Waals surface area contributed by atoms with Gasteiger partial charge in [0, 0.05) is 6.61 Å². The first kappa shape index (κ1) is 11.0. The van der Waals surface area contributed by atoms with E-state index in [-0.39, 0.29) is 0 Å². The van der Waals surface area contributed by atoms with Crippen molar-refractivity contribution in [3.63, 3.8) is 0 Å². The molecule has 0 amide bonds. The molecule has 0 aliphatic heterocycles. The molecule has 0 aromatic rings. The van der Waals surface area contributed by atoms with Gasteiger partial charge in [0.05, 0.1) is 0 Å². The number of hydrogen-bond donors (Lipinski definition) is 1. The van der Waals surface area contributed by atoms with E-state index in [9.17, 15) is 0 Å². The van der Waals surface area contributed by atoms with Crippen LogP contribution in [-0.2, 0) is 0 Å². The van der Waals surface area contributed by atoms with Crippen molar-refractivity contribution in [2.75, 3.05) is 6.61 Å². The highest BCUT2D eigenvalue weighted by Crippen LogP contribution is 2.50. The van der Waals surface area contributed by atoms with Crippen LogP contribution < -0.4 is 0 Å². The zero-order valence-electron chi connectivity index (χ0n) is 9.51. The summed E-state index contributed by atoms with van der Waals surface area (Å²) in [5.74, 6) is 2.35. The quantitative estimate of drug-likeness (QED) is 0.714. The highest BCUT2D eigenvalue weighted by molar-refractivity contribution is 4.91. The van der Waals surface area contributed by atoms with Crippen LogP contribution in [0.4, 0.5) is 0 Å². The van der Waals surface area contributed by atoms with Gasteiger partial charge in [0.15, 0.2) is 0 Å². The van der Waals surface area contributed by atoms with Crippen molar-refractivity contribution in [3.05, 3.63) is 0 Å². The lowest BCUT2D eigenvalue weighted by atomic mass is 9.70. The summed E-state index contributed by atoms with van der Waals surface area (Å²) < 4.78 is 0. The SMILES string of the molecule is CC(CCO)C1CC[C@H](C)C1(C)C. The molecule has 1 aliphatic carbocycles. The fourth-order valence-corrected chi connectivity index (χ4v) is 2.96. The molecule has 78 valence electrons. The summed E-state index contributed by atoms with van der Waals surface area (Å²) in [5, 5.41) is 8.93. The van der Waals surface area contributed by atoms with E-state index >= 15 is 0 Å². The van der Waals surface area contributed by atoms with Crippen LogP contribution in [0.25, 0.3) is 0 Å². The summed E-state index contributed by atoms with van der Waals surface area (Å²) in [6, 6.07) is 0. The first-order chi connectivity index (χ1) is 6.00. The largest absolute Gasteiger partial charge is 0.396 e. The molecule has 0 radical (unpaired) electrons. The van der Waals surface area contributed by atoms with Crippen LogP contribution in [0.5, 0.6) is 0 Å². The van der Waals surface area contributed by atoms with Crippen molar-refractivity contribution in [1.82, 2.24) is 0 Å². The molecule has 1 fully saturated rings. The van der Waals surface area contributed by atoms with Gasteiger partial charge in [-0.15, -0.1) is 0 Å². The molecular formula is C12H24O. The molecule has 2 unspecified atom stereocenters. The van der Waals surface area contributed by atoms with Crippen molar-refractivity contribution in [3.8, 4) is 0 Å². The molecule has 1 aliphatic rings. The minimum absolute atomic E-state index is 0.349. The van der Waals surface area contributed by atoms with E-state index in [1.165, 1.54) is 12.8 Å². The third kappa shape index (κ3) is 2.07. The Morgan fingerprint density at radius 1 is 1.38 bits per heavy atom. The molecular weight excluding hydrogens is 160 g/mol. The molecule has 3 atom stereocenters. The van der Waals surface area contributed by atoms with E-state index < -0.39 is 0 Å². The van der Waals surface area contributed by atoms with Gasteiger partial charge in [0.1, 0.15) is 0 Å².